The molecule has 61 heavy (non-hydrogen) atoms. The van der Waals surface area contributed by atoms with Crippen LogP contribution < -0.4 is 4.90 Å². The number of nitrogens with zero attached hydrogens (tertiary/aromatic N) is 1. The molecule has 284 valence electrons. The number of furan rings is 1. The summed E-state index contributed by atoms with van der Waals surface area (Å²) in [5.74, 6) is 0. The smallest absolute Gasteiger partial charge is 0.136 e. The third-order valence-corrected chi connectivity index (χ3v) is 13.3. The molecule has 2 aliphatic carbocycles. The highest BCUT2D eigenvalue weighted by Crippen LogP contribution is 2.63. The quantitative estimate of drug-likeness (QED) is 0.173. The number of hydrogen-bond donors (Lipinski definition) is 0. The van der Waals surface area contributed by atoms with E-state index in [4.69, 9.17) is 4.42 Å². The van der Waals surface area contributed by atoms with Gasteiger partial charge in [-0.15, -0.1) is 0 Å². The first-order valence-electron chi connectivity index (χ1n) is 21.1. The number of benzene rings is 10. The van der Waals surface area contributed by atoms with Crippen molar-refractivity contribution in [2.75, 3.05) is 4.90 Å². The summed E-state index contributed by atoms with van der Waals surface area (Å²) in [4.78, 5) is 2.46. The van der Waals surface area contributed by atoms with Gasteiger partial charge in [0.1, 0.15) is 11.2 Å². The summed E-state index contributed by atoms with van der Waals surface area (Å²) in [6.07, 6.45) is 0. The van der Waals surface area contributed by atoms with E-state index in [0.29, 0.717) is 0 Å². The maximum Gasteiger partial charge on any atom is 0.136 e. The molecule has 0 saturated heterocycles. The normalized spacial score (nSPS) is 13.0. The van der Waals surface area contributed by atoms with Crippen molar-refractivity contribution >= 4 is 49.8 Å². The van der Waals surface area contributed by atoms with Crippen LogP contribution in [0.4, 0.5) is 17.1 Å². The molecular formula is C59H37NO. The summed E-state index contributed by atoms with van der Waals surface area (Å²) in [6, 6.07) is 82.4. The Morgan fingerprint density at radius 1 is 0.328 bits per heavy atom. The monoisotopic (exact) mass is 775 g/mol. The summed E-state index contributed by atoms with van der Waals surface area (Å²) in [5.41, 5.74) is 19.7. The fourth-order valence-corrected chi connectivity index (χ4v) is 10.7. The molecule has 2 heteroatoms. The van der Waals surface area contributed by atoms with Crippen molar-refractivity contribution in [1.82, 2.24) is 0 Å². The van der Waals surface area contributed by atoms with Crippen LogP contribution in [0.3, 0.4) is 0 Å². The van der Waals surface area contributed by atoms with Gasteiger partial charge in [-0.2, -0.15) is 0 Å². The van der Waals surface area contributed by atoms with E-state index in [1.807, 2.05) is 6.07 Å². The summed E-state index contributed by atoms with van der Waals surface area (Å²) >= 11 is 0. The van der Waals surface area contributed by atoms with Crippen LogP contribution in [0, 0.1) is 0 Å². The predicted molar refractivity (Wildman–Crippen MR) is 253 cm³/mol. The SMILES string of the molecule is c1ccc(N(c2ccc(-c3ccc4ccccc4c3)cc2)c2ccc3c(c2)C2(c4ccccc4-c4ccccc42)c2ccccc2-3)c(-c2cccc3oc4ccccc4c23)c1. The van der Waals surface area contributed by atoms with Gasteiger partial charge >= 0.3 is 0 Å². The van der Waals surface area contributed by atoms with E-state index in [1.165, 1.54) is 66.4 Å². The molecule has 10 aromatic carbocycles. The molecule has 1 heterocycles. The second kappa shape index (κ2) is 13.0. The van der Waals surface area contributed by atoms with Crippen LogP contribution in [-0.4, -0.2) is 0 Å². The van der Waals surface area contributed by atoms with Gasteiger partial charge < -0.3 is 9.32 Å². The number of fused-ring (bicyclic) bond motifs is 14. The van der Waals surface area contributed by atoms with Crippen LogP contribution in [0.25, 0.3) is 77.2 Å². The second-order valence-electron chi connectivity index (χ2n) is 16.4. The molecule has 0 bridgehead atoms. The van der Waals surface area contributed by atoms with Gasteiger partial charge in [-0.25, -0.2) is 0 Å². The maximum atomic E-state index is 6.44. The number of anilines is 3. The standard InChI is InChI=1S/C59H37NO/c1-2-15-40-36-41(29-28-38(40)14-1)39-30-32-42(33-31-39)60(55-25-11-6-19-48(55)49-21-13-27-57-58(49)50-20-7-12-26-56(50)61-57)43-34-35-47-46-18-5-10-24-53(46)59(54(47)37-43)51-22-8-3-16-44(51)45-17-4-9-23-52(45)59/h1-37H. The highest BCUT2D eigenvalue weighted by molar-refractivity contribution is 6.14. The lowest BCUT2D eigenvalue weighted by molar-refractivity contribution is 0.669. The largest absolute Gasteiger partial charge is 0.456 e. The van der Waals surface area contributed by atoms with E-state index in [9.17, 15) is 0 Å². The Bertz CT molecular complexity index is 3490. The minimum absolute atomic E-state index is 0.457. The Morgan fingerprint density at radius 2 is 0.869 bits per heavy atom. The third kappa shape index (κ3) is 4.85. The fraction of sp³-hybridized carbons (Fsp3) is 0.0169. The molecule has 2 aliphatic rings. The minimum Gasteiger partial charge on any atom is -0.456 e. The zero-order valence-corrected chi connectivity index (χ0v) is 33.2. The van der Waals surface area contributed by atoms with Crippen LogP contribution >= 0.6 is 0 Å². The van der Waals surface area contributed by atoms with Gasteiger partial charge in [0.15, 0.2) is 0 Å². The van der Waals surface area contributed by atoms with Crippen molar-refractivity contribution in [1.29, 1.82) is 0 Å². The minimum atomic E-state index is -0.457. The first-order valence-corrected chi connectivity index (χ1v) is 21.1. The Hall–Kier alpha value is -7.94. The highest BCUT2D eigenvalue weighted by atomic mass is 16.3. The molecule has 1 spiro atoms. The van der Waals surface area contributed by atoms with Gasteiger partial charge in [0.05, 0.1) is 11.1 Å². The lowest BCUT2D eigenvalue weighted by atomic mass is 9.70. The van der Waals surface area contributed by atoms with E-state index < -0.39 is 5.41 Å². The molecule has 0 radical (unpaired) electrons. The molecule has 0 fully saturated rings. The highest BCUT2D eigenvalue weighted by Gasteiger charge is 2.51. The average molecular weight is 776 g/mol. The van der Waals surface area contributed by atoms with Gasteiger partial charge in [0.25, 0.3) is 0 Å². The molecule has 0 atom stereocenters. The van der Waals surface area contributed by atoms with Gasteiger partial charge in [-0.1, -0.05) is 176 Å². The fourth-order valence-electron chi connectivity index (χ4n) is 10.7. The van der Waals surface area contributed by atoms with Crippen LogP contribution in [-0.2, 0) is 5.41 Å². The van der Waals surface area contributed by atoms with Crippen LogP contribution in [0.2, 0.25) is 0 Å². The van der Waals surface area contributed by atoms with Crippen molar-refractivity contribution in [2.24, 2.45) is 0 Å². The molecule has 11 aromatic rings. The molecule has 2 nitrogen and oxygen atoms in total. The van der Waals surface area contributed by atoms with Crippen LogP contribution in [0.5, 0.6) is 0 Å². The first-order chi connectivity index (χ1) is 30.3. The van der Waals surface area contributed by atoms with Crippen molar-refractivity contribution < 1.29 is 4.42 Å². The summed E-state index contributed by atoms with van der Waals surface area (Å²) in [7, 11) is 0. The molecule has 13 rings (SSSR count). The zero-order chi connectivity index (χ0) is 40.1. The Morgan fingerprint density at radius 3 is 1.61 bits per heavy atom. The number of hydrogen-bond acceptors (Lipinski definition) is 2. The molecule has 0 amide bonds. The molecule has 1 aromatic heterocycles. The Balaban J connectivity index is 1.06. The van der Waals surface area contributed by atoms with Crippen molar-refractivity contribution in [3.05, 3.63) is 247 Å². The lowest BCUT2D eigenvalue weighted by Gasteiger charge is -2.32. The van der Waals surface area contributed by atoms with Gasteiger partial charge in [-0.3, -0.25) is 0 Å². The molecule has 0 saturated carbocycles. The summed E-state index contributed by atoms with van der Waals surface area (Å²) < 4.78 is 6.44. The lowest BCUT2D eigenvalue weighted by Crippen LogP contribution is -2.26. The number of para-hydroxylation sites is 2. The molecule has 0 aliphatic heterocycles. The molecular weight excluding hydrogens is 739 g/mol. The zero-order valence-electron chi connectivity index (χ0n) is 33.2. The van der Waals surface area contributed by atoms with E-state index in [-0.39, 0.29) is 0 Å². The van der Waals surface area contributed by atoms with E-state index in [2.05, 4.69) is 223 Å². The van der Waals surface area contributed by atoms with Crippen molar-refractivity contribution in [3.8, 4) is 44.5 Å². The number of rotatable bonds is 5. The third-order valence-electron chi connectivity index (χ3n) is 13.3. The van der Waals surface area contributed by atoms with Crippen molar-refractivity contribution in [3.63, 3.8) is 0 Å². The van der Waals surface area contributed by atoms with Gasteiger partial charge in [0.2, 0.25) is 0 Å². The molecule has 0 N–H and O–H groups in total. The summed E-state index contributed by atoms with van der Waals surface area (Å²) in [5, 5.41) is 4.73. The first kappa shape index (κ1) is 34.0. The summed E-state index contributed by atoms with van der Waals surface area (Å²) in [6.45, 7) is 0. The van der Waals surface area contributed by atoms with Gasteiger partial charge in [0, 0.05) is 27.7 Å². The average Bonchev–Trinajstić information content (AvgIpc) is 3.96. The Labute approximate surface area is 354 Å². The second-order valence-corrected chi connectivity index (χ2v) is 16.4. The van der Waals surface area contributed by atoms with Crippen LogP contribution in [0.15, 0.2) is 229 Å². The molecule has 0 unspecified atom stereocenters. The maximum absolute atomic E-state index is 6.44. The van der Waals surface area contributed by atoms with Crippen molar-refractivity contribution in [2.45, 2.75) is 5.41 Å². The van der Waals surface area contributed by atoms with Gasteiger partial charge in [-0.05, 0) is 121 Å². The van der Waals surface area contributed by atoms with E-state index in [0.717, 1.165) is 50.1 Å². The Kier molecular flexibility index (Phi) is 7.26. The predicted octanol–water partition coefficient (Wildman–Crippen LogP) is 15.9. The van der Waals surface area contributed by atoms with E-state index >= 15 is 0 Å². The topological polar surface area (TPSA) is 16.4 Å². The van der Waals surface area contributed by atoms with Crippen LogP contribution in [0.1, 0.15) is 22.3 Å². The van der Waals surface area contributed by atoms with E-state index in [1.54, 1.807) is 0 Å².